The number of hydrogen-bond donors (Lipinski definition) is 3. The third kappa shape index (κ3) is 4.93. The van der Waals surface area contributed by atoms with Crippen molar-refractivity contribution in [3.05, 3.63) is 48.5 Å². The van der Waals surface area contributed by atoms with Gasteiger partial charge in [-0.1, -0.05) is 18.2 Å². The van der Waals surface area contributed by atoms with E-state index in [0.717, 1.165) is 20.2 Å². The molecule has 4 heterocycles. The molecule has 16 heteroatoms. The predicted molar refractivity (Wildman–Crippen MR) is 132 cm³/mol. The van der Waals surface area contributed by atoms with Crippen LogP contribution >= 0.6 is 0 Å². The second-order valence-electron chi connectivity index (χ2n) is 9.31. The molecule has 0 saturated carbocycles. The van der Waals surface area contributed by atoms with Crippen LogP contribution in [0.4, 0.5) is 5.82 Å². The van der Waals surface area contributed by atoms with Crippen LogP contribution in [0.3, 0.4) is 0 Å². The fraction of sp³-hybridized carbons (Fsp3) is 0.360. The summed E-state index contributed by atoms with van der Waals surface area (Å²) in [6.07, 6.45) is -5.64. The summed E-state index contributed by atoms with van der Waals surface area (Å²) in [5, 5.41) is 22.1. The summed E-state index contributed by atoms with van der Waals surface area (Å²) < 4.78 is 23.9. The molecule has 6 atom stereocenters. The van der Waals surface area contributed by atoms with Crippen molar-refractivity contribution >= 4 is 46.8 Å². The highest BCUT2D eigenvalue weighted by Gasteiger charge is 2.70. The van der Waals surface area contributed by atoms with Crippen LogP contribution in [0.2, 0.25) is 0 Å². The zero-order chi connectivity index (χ0) is 29.5. The third-order valence-corrected chi connectivity index (χ3v) is 6.60. The number of aromatic nitrogens is 4. The maximum atomic E-state index is 12.7. The van der Waals surface area contributed by atoms with Gasteiger partial charge in [-0.25, -0.2) is 19.7 Å². The van der Waals surface area contributed by atoms with Crippen LogP contribution in [0.5, 0.6) is 0 Å². The lowest BCUT2D eigenvalue weighted by Gasteiger charge is -2.32. The van der Waals surface area contributed by atoms with Crippen LogP contribution in [0.25, 0.3) is 11.2 Å². The second kappa shape index (κ2) is 10.5. The number of ether oxygens (including phenoxy) is 4. The number of nitrogens with zero attached hydrogens (tertiary/aromatic N) is 4. The molecule has 16 nitrogen and oxygen atoms in total. The van der Waals surface area contributed by atoms with Crippen LogP contribution in [0.15, 0.2) is 43.0 Å². The van der Waals surface area contributed by atoms with Gasteiger partial charge in [0.05, 0.1) is 12.7 Å². The molecule has 2 fully saturated rings. The van der Waals surface area contributed by atoms with Gasteiger partial charge in [-0.15, -0.1) is 0 Å². The number of carboxylic acid groups (broad SMARTS) is 2. The van der Waals surface area contributed by atoms with Gasteiger partial charge in [-0.05, 0) is 12.1 Å². The van der Waals surface area contributed by atoms with Gasteiger partial charge in [0.1, 0.15) is 18.5 Å². The number of nitrogens with one attached hydrogen (secondary N) is 1. The Hall–Kier alpha value is -4.96. The summed E-state index contributed by atoms with van der Waals surface area (Å²) in [6, 6.07) is 8.38. The summed E-state index contributed by atoms with van der Waals surface area (Å²) in [7, 11) is 0. The van der Waals surface area contributed by atoms with Gasteiger partial charge in [0.15, 0.2) is 35.4 Å². The predicted octanol–water partition coefficient (Wildman–Crippen LogP) is 0.536. The lowest BCUT2D eigenvalue weighted by atomic mass is 9.90. The van der Waals surface area contributed by atoms with Crippen molar-refractivity contribution in [3.63, 3.8) is 0 Å². The first-order valence-electron chi connectivity index (χ1n) is 12.2. The first kappa shape index (κ1) is 27.6. The van der Waals surface area contributed by atoms with E-state index in [-0.39, 0.29) is 17.0 Å². The zero-order valence-electron chi connectivity index (χ0n) is 21.5. The van der Waals surface area contributed by atoms with Crippen molar-refractivity contribution in [2.24, 2.45) is 0 Å². The molecule has 2 saturated heterocycles. The van der Waals surface area contributed by atoms with E-state index in [4.69, 9.17) is 18.9 Å². The number of hydrogen-bond acceptors (Lipinski definition) is 12. The molecule has 0 radical (unpaired) electrons. The van der Waals surface area contributed by atoms with E-state index in [1.807, 2.05) is 0 Å². The average molecular weight is 569 g/mol. The van der Waals surface area contributed by atoms with E-state index in [1.54, 1.807) is 30.3 Å². The fourth-order valence-corrected chi connectivity index (χ4v) is 5.01. The van der Waals surface area contributed by atoms with Crippen LogP contribution in [0.1, 0.15) is 36.9 Å². The minimum atomic E-state index is -2.52. The quantitative estimate of drug-likeness (QED) is 0.315. The summed E-state index contributed by atoms with van der Waals surface area (Å²) >= 11 is 0. The van der Waals surface area contributed by atoms with Gasteiger partial charge >= 0.3 is 23.9 Å². The van der Waals surface area contributed by atoms with Crippen molar-refractivity contribution in [1.29, 1.82) is 0 Å². The van der Waals surface area contributed by atoms with Gasteiger partial charge in [-0.2, -0.15) is 0 Å². The Morgan fingerprint density at radius 2 is 1.71 bits per heavy atom. The number of benzene rings is 1. The summed E-state index contributed by atoms with van der Waals surface area (Å²) in [5.41, 5.74) is -1.85. The van der Waals surface area contributed by atoms with E-state index in [1.165, 1.54) is 10.9 Å². The molecule has 3 aromatic rings. The number of carbonyl (C=O) groups is 5. The molecule has 1 amide bonds. The van der Waals surface area contributed by atoms with Gasteiger partial charge in [0.25, 0.3) is 5.91 Å². The van der Waals surface area contributed by atoms with Gasteiger partial charge < -0.3 is 34.5 Å². The molecule has 5 rings (SSSR count). The van der Waals surface area contributed by atoms with E-state index >= 15 is 0 Å². The van der Waals surface area contributed by atoms with Crippen molar-refractivity contribution in [2.45, 2.75) is 56.5 Å². The molecular formula is C25H23N5O11. The van der Waals surface area contributed by atoms with Crippen LogP contribution in [0, 0.1) is 0 Å². The number of fused-ring (bicyclic) bond motifs is 2. The van der Waals surface area contributed by atoms with E-state index < -0.39 is 72.5 Å². The number of imidazole rings is 1. The van der Waals surface area contributed by atoms with Gasteiger partial charge in [0, 0.05) is 19.4 Å². The van der Waals surface area contributed by atoms with Gasteiger partial charge in [0.2, 0.25) is 5.60 Å². The van der Waals surface area contributed by atoms with E-state index in [0.29, 0.717) is 5.56 Å². The zero-order valence-corrected chi connectivity index (χ0v) is 21.5. The first-order valence-corrected chi connectivity index (χ1v) is 12.2. The smallest absolute Gasteiger partial charge is 0.340 e. The molecule has 0 aliphatic carbocycles. The van der Waals surface area contributed by atoms with E-state index in [2.05, 4.69) is 20.3 Å². The Morgan fingerprint density at radius 3 is 2.34 bits per heavy atom. The highest BCUT2D eigenvalue weighted by atomic mass is 16.7. The standard InChI is InChI=1S/C25H23N5O11/c1-11(31)38-18-16-17(19(39-12(2)32)25(41-16,24(36)37)8-14(33)34)40-23(18)30-10-28-15-20(26-9-27-21(15)30)29-22(35)13-6-4-3-5-7-13/h3-7,9-10,16-19,23H,8H2,1-2H3,(H,33,34)(H,36,37)(H,26,27,29,35)/t16-,17-,18-,19-,23-,25+/m1/s1. The molecule has 41 heavy (non-hydrogen) atoms. The average Bonchev–Trinajstić information content (AvgIpc) is 3.56. The highest BCUT2D eigenvalue weighted by Crippen LogP contribution is 2.48. The number of amides is 1. The number of esters is 2. The van der Waals surface area contributed by atoms with Crippen molar-refractivity contribution < 1.29 is 53.1 Å². The first-order chi connectivity index (χ1) is 19.5. The molecule has 2 aromatic heterocycles. The normalized spacial score (nSPS) is 26.7. The lowest BCUT2D eigenvalue weighted by Crippen LogP contribution is -2.53. The van der Waals surface area contributed by atoms with Gasteiger partial charge in [-0.3, -0.25) is 23.7 Å². The Labute approximate surface area is 230 Å². The number of aliphatic carboxylic acids is 2. The number of carboxylic acids is 2. The Balaban J connectivity index is 1.52. The summed E-state index contributed by atoms with van der Waals surface area (Å²) in [6.45, 7) is 2.12. The van der Waals surface area contributed by atoms with Crippen molar-refractivity contribution in [3.8, 4) is 0 Å². The Morgan fingerprint density at radius 1 is 1.00 bits per heavy atom. The minimum Gasteiger partial charge on any atom is -0.481 e. The number of rotatable bonds is 8. The largest absolute Gasteiger partial charge is 0.481 e. The molecule has 2 aliphatic rings. The van der Waals surface area contributed by atoms with E-state index in [9.17, 15) is 34.2 Å². The van der Waals surface area contributed by atoms with Crippen LogP contribution in [-0.2, 0) is 38.1 Å². The maximum absolute atomic E-state index is 12.7. The van der Waals surface area contributed by atoms with Crippen LogP contribution in [-0.4, -0.2) is 89.5 Å². The second-order valence-corrected chi connectivity index (χ2v) is 9.31. The molecule has 3 N–H and O–H groups in total. The molecule has 2 aliphatic heterocycles. The van der Waals surface area contributed by atoms with Crippen molar-refractivity contribution in [2.75, 3.05) is 5.32 Å². The Bertz CT molecular complexity index is 1540. The maximum Gasteiger partial charge on any atom is 0.340 e. The molecular weight excluding hydrogens is 546 g/mol. The number of carbonyl (C=O) groups excluding carboxylic acids is 3. The molecule has 0 spiro atoms. The molecule has 1 aromatic carbocycles. The minimum absolute atomic E-state index is 0.0743. The Kier molecular flexibility index (Phi) is 7.10. The third-order valence-electron chi connectivity index (χ3n) is 6.60. The summed E-state index contributed by atoms with van der Waals surface area (Å²) in [5.74, 6) is -5.31. The molecule has 214 valence electrons. The lowest BCUT2D eigenvalue weighted by molar-refractivity contribution is -0.201. The SMILES string of the molecule is CC(=O)O[C@@H]1[C@@H]2O[C@](CC(=O)O)(C(=O)O)[C@H](OC(C)=O)[C@@H]2O[C@H]1n1cnc2c(NC(=O)c3ccccc3)ncnc21. The van der Waals surface area contributed by atoms with Crippen molar-refractivity contribution in [1.82, 2.24) is 19.5 Å². The number of anilines is 1. The highest BCUT2D eigenvalue weighted by molar-refractivity contribution is 6.06. The molecule has 0 unspecified atom stereocenters. The fourth-order valence-electron chi connectivity index (χ4n) is 5.01. The monoisotopic (exact) mass is 569 g/mol. The topological polar surface area (TPSA) is 218 Å². The van der Waals surface area contributed by atoms with Crippen LogP contribution < -0.4 is 5.32 Å². The molecule has 0 bridgehead atoms. The summed E-state index contributed by atoms with van der Waals surface area (Å²) in [4.78, 5) is 73.2.